The highest BCUT2D eigenvalue weighted by molar-refractivity contribution is 5.80. The van der Waals surface area contributed by atoms with Crippen LogP contribution in [0.15, 0.2) is 29.5 Å². The van der Waals surface area contributed by atoms with Crippen molar-refractivity contribution in [3.63, 3.8) is 0 Å². The number of nitrogens with zero attached hydrogens (tertiary/aromatic N) is 3. The van der Waals surface area contributed by atoms with E-state index in [1.165, 1.54) is 0 Å². The summed E-state index contributed by atoms with van der Waals surface area (Å²) in [5, 5.41) is 17.0. The van der Waals surface area contributed by atoms with Crippen molar-refractivity contribution < 1.29 is 5.11 Å². The predicted molar refractivity (Wildman–Crippen MR) is 98.0 cm³/mol. The number of nitrogens with one attached hydrogen (secondary N) is 2. The van der Waals surface area contributed by atoms with Gasteiger partial charge in [-0.15, -0.1) is 0 Å². The van der Waals surface area contributed by atoms with Crippen molar-refractivity contribution in [3.05, 3.63) is 30.1 Å². The molecule has 1 aliphatic rings. The van der Waals surface area contributed by atoms with Gasteiger partial charge in [-0.1, -0.05) is 0 Å². The highest BCUT2D eigenvalue weighted by atomic mass is 16.3. The minimum Gasteiger partial charge on any atom is -0.386 e. The van der Waals surface area contributed by atoms with Gasteiger partial charge < -0.3 is 20.6 Å². The standard InChI is InChI=1S/C18H31N5O/c1-4-20-18(21-13-17(24)15-5-9-19-10-6-15)22-16-7-11-23(12-8-16)14(2)3/h5-6,9-10,14,16-17,24H,4,7-8,11-13H2,1-3H3,(H2,20,21,22). The lowest BCUT2D eigenvalue weighted by Gasteiger charge is -2.35. The summed E-state index contributed by atoms with van der Waals surface area (Å²) in [7, 11) is 0. The maximum absolute atomic E-state index is 10.2. The van der Waals surface area contributed by atoms with Crippen molar-refractivity contribution in [2.45, 2.75) is 51.8 Å². The van der Waals surface area contributed by atoms with Crippen molar-refractivity contribution in [2.24, 2.45) is 4.99 Å². The Balaban J connectivity index is 1.87. The van der Waals surface area contributed by atoms with E-state index in [9.17, 15) is 5.11 Å². The molecule has 0 radical (unpaired) electrons. The second-order valence-corrected chi connectivity index (χ2v) is 6.56. The van der Waals surface area contributed by atoms with Crippen LogP contribution < -0.4 is 10.6 Å². The first-order valence-corrected chi connectivity index (χ1v) is 8.97. The molecule has 6 nitrogen and oxygen atoms in total. The number of hydrogen-bond acceptors (Lipinski definition) is 4. The number of aliphatic hydroxyl groups excluding tert-OH is 1. The molecule has 1 fully saturated rings. The van der Waals surface area contributed by atoms with E-state index >= 15 is 0 Å². The van der Waals surface area contributed by atoms with Gasteiger partial charge in [0.05, 0.1) is 12.6 Å². The van der Waals surface area contributed by atoms with Crippen molar-refractivity contribution in [3.8, 4) is 0 Å². The molecule has 0 spiro atoms. The molecule has 0 amide bonds. The van der Waals surface area contributed by atoms with Gasteiger partial charge in [0.1, 0.15) is 0 Å². The average Bonchev–Trinajstić information content (AvgIpc) is 2.61. The van der Waals surface area contributed by atoms with Crippen molar-refractivity contribution >= 4 is 5.96 Å². The van der Waals surface area contributed by atoms with E-state index in [0.29, 0.717) is 18.6 Å². The Morgan fingerprint density at radius 3 is 2.58 bits per heavy atom. The zero-order chi connectivity index (χ0) is 17.4. The van der Waals surface area contributed by atoms with Crippen LogP contribution in [0, 0.1) is 0 Å². The van der Waals surface area contributed by atoms with Crippen LogP contribution in [0.3, 0.4) is 0 Å². The largest absolute Gasteiger partial charge is 0.386 e. The van der Waals surface area contributed by atoms with Gasteiger partial charge >= 0.3 is 0 Å². The highest BCUT2D eigenvalue weighted by Crippen LogP contribution is 2.13. The molecule has 1 saturated heterocycles. The number of guanidine groups is 1. The van der Waals surface area contributed by atoms with Gasteiger partial charge in [-0.25, -0.2) is 0 Å². The lowest BCUT2D eigenvalue weighted by atomic mass is 10.0. The molecule has 2 heterocycles. The second kappa shape index (κ2) is 9.59. The molecule has 2 rings (SSSR count). The Hall–Kier alpha value is -1.66. The van der Waals surface area contributed by atoms with E-state index in [0.717, 1.165) is 44.0 Å². The molecule has 0 aliphatic carbocycles. The molecule has 0 bridgehead atoms. The number of aliphatic hydroxyl groups is 1. The molecule has 1 unspecified atom stereocenters. The number of pyridine rings is 1. The normalized spacial score (nSPS) is 18.6. The van der Waals surface area contributed by atoms with Crippen LogP contribution in [-0.4, -0.2) is 59.2 Å². The Bertz CT molecular complexity index is 497. The molecule has 1 atom stereocenters. The maximum atomic E-state index is 10.2. The number of likely N-dealkylation sites (tertiary alicyclic amines) is 1. The Morgan fingerprint density at radius 1 is 1.33 bits per heavy atom. The number of aliphatic imine (C=N–C) groups is 1. The minimum atomic E-state index is -0.605. The summed E-state index contributed by atoms with van der Waals surface area (Å²) >= 11 is 0. The fourth-order valence-corrected chi connectivity index (χ4v) is 2.94. The third-order valence-electron chi connectivity index (χ3n) is 4.46. The SMILES string of the molecule is CCNC(=NCC(O)c1ccncc1)NC1CCN(C(C)C)CC1. The fraction of sp³-hybridized carbons (Fsp3) is 0.667. The van der Waals surface area contributed by atoms with Crippen LogP contribution in [0.4, 0.5) is 0 Å². The van der Waals surface area contributed by atoms with Crippen molar-refractivity contribution in [2.75, 3.05) is 26.2 Å². The topological polar surface area (TPSA) is 72.8 Å². The van der Waals surface area contributed by atoms with Gasteiger partial charge in [0, 0.05) is 44.1 Å². The number of hydrogen-bond donors (Lipinski definition) is 3. The molecule has 1 aliphatic heterocycles. The highest BCUT2D eigenvalue weighted by Gasteiger charge is 2.21. The zero-order valence-electron chi connectivity index (χ0n) is 15.1. The quantitative estimate of drug-likeness (QED) is 0.544. The van der Waals surface area contributed by atoms with Gasteiger partial charge in [-0.3, -0.25) is 9.98 Å². The maximum Gasteiger partial charge on any atom is 0.191 e. The molecular formula is C18H31N5O. The van der Waals surface area contributed by atoms with Crippen LogP contribution in [0.2, 0.25) is 0 Å². The summed E-state index contributed by atoms with van der Waals surface area (Å²) < 4.78 is 0. The third kappa shape index (κ3) is 5.76. The Morgan fingerprint density at radius 2 is 2.00 bits per heavy atom. The van der Waals surface area contributed by atoms with Crippen LogP contribution in [0.1, 0.15) is 45.3 Å². The first kappa shape index (κ1) is 18.7. The predicted octanol–water partition coefficient (Wildman–Crippen LogP) is 1.54. The molecule has 1 aromatic rings. The van der Waals surface area contributed by atoms with Crippen LogP contribution in [0.25, 0.3) is 0 Å². The third-order valence-corrected chi connectivity index (χ3v) is 4.46. The summed E-state index contributed by atoms with van der Waals surface area (Å²) in [5.41, 5.74) is 0.842. The fourth-order valence-electron chi connectivity index (χ4n) is 2.94. The van der Waals surface area contributed by atoms with Gasteiger partial charge in [0.25, 0.3) is 0 Å². The van der Waals surface area contributed by atoms with Crippen molar-refractivity contribution in [1.82, 2.24) is 20.5 Å². The van der Waals surface area contributed by atoms with Gasteiger partial charge in [0.2, 0.25) is 0 Å². The lowest BCUT2D eigenvalue weighted by molar-refractivity contribution is 0.167. The molecule has 3 N–H and O–H groups in total. The van der Waals surface area contributed by atoms with E-state index < -0.39 is 6.10 Å². The zero-order valence-corrected chi connectivity index (χ0v) is 15.1. The van der Waals surface area contributed by atoms with E-state index in [-0.39, 0.29) is 0 Å². The lowest BCUT2D eigenvalue weighted by Crippen LogP contribution is -2.50. The molecule has 1 aromatic heterocycles. The first-order chi connectivity index (χ1) is 11.6. The van der Waals surface area contributed by atoms with Crippen LogP contribution >= 0.6 is 0 Å². The van der Waals surface area contributed by atoms with Gasteiger partial charge in [-0.2, -0.15) is 0 Å². The van der Waals surface area contributed by atoms with E-state index in [4.69, 9.17) is 0 Å². The number of piperidine rings is 1. The van der Waals surface area contributed by atoms with Gasteiger partial charge in [0.15, 0.2) is 5.96 Å². The smallest absolute Gasteiger partial charge is 0.191 e. The molecule has 6 heteroatoms. The summed E-state index contributed by atoms with van der Waals surface area (Å²) in [5.74, 6) is 0.786. The van der Waals surface area contributed by atoms with E-state index in [2.05, 4.69) is 46.3 Å². The summed E-state index contributed by atoms with van der Waals surface area (Å²) in [6, 6.07) is 4.70. The molecule has 0 aromatic carbocycles. The van der Waals surface area contributed by atoms with Crippen LogP contribution in [0.5, 0.6) is 0 Å². The Kier molecular flexibility index (Phi) is 7.46. The number of aromatic nitrogens is 1. The Labute approximate surface area is 145 Å². The molecule has 24 heavy (non-hydrogen) atoms. The first-order valence-electron chi connectivity index (χ1n) is 8.97. The van der Waals surface area contributed by atoms with E-state index in [1.807, 2.05) is 12.1 Å². The summed E-state index contributed by atoms with van der Waals surface area (Å²) in [4.78, 5) is 11.0. The molecule has 134 valence electrons. The van der Waals surface area contributed by atoms with Crippen molar-refractivity contribution in [1.29, 1.82) is 0 Å². The average molecular weight is 333 g/mol. The van der Waals surface area contributed by atoms with Crippen LogP contribution in [-0.2, 0) is 0 Å². The summed E-state index contributed by atoms with van der Waals surface area (Å²) in [6.07, 6.45) is 5.01. The molecular weight excluding hydrogens is 302 g/mol. The molecule has 0 saturated carbocycles. The minimum absolute atomic E-state index is 0.337. The van der Waals surface area contributed by atoms with E-state index in [1.54, 1.807) is 12.4 Å². The second-order valence-electron chi connectivity index (χ2n) is 6.56. The summed E-state index contributed by atoms with van der Waals surface area (Å²) in [6.45, 7) is 9.94. The number of rotatable bonds is 6. The monoisotopic (exact) mass is 333 g/mol. The van der Waals surface area contributed by atoms with Gasteiger partial charge in [-0.05, 0) is 51.3 Å².